The summed E-state index contributed by atoms with van der Waals surface area (Å²) in [5.74, 6) is 0. The Morgan fingerprint density at radius 1 is 1.62 bits per heavy atom. The van der Waals surface area contributed by atoms with Crippen molar-refractivity contribution < 1.29 is 5.11 Å². The van der Waals surface area contributed by atoms with Gasteiger partial charge < -0.3 is 5.11 Å². The van der Waals surface area contributed by atoms with Crippen molar-refractivity contribution in [3.8, 4) is 0 Å². The topological polar surface area (TPSA) is 32.3 Å². The molecule has 0 aliphatic rings. The minimum Gasteiger partial charge on any atom is -0.379 e. The van der Waals surface area contributed by atoms with E-state index in [9.17, 15) is 0 Å². The largest absolute Gasteiger partial charge is 0.379 e. The first kappa shape index (κ1) is 7.92. The standard InChI is InChI=1S/C6H14NO/c1-4-6(8)7-5(2)3/h5-8H,1,4H2,2-3H3. The van der Waals surface area contributed by atoms with E-state index in [2.05, 4.69) is 12.2 Å². The van der Waals surface area contributed by atoms with Gasteiger partial charge in [0.25, 0.3) is 0 Å². The number of hydrogen-bond donors (Lipinski definition) is 2. The third kappa shape index (κ3) is 4.09. The molecule has 0 saturated carbocycles. The zero-order valence-electron chi connectivity index (χ0n) is 5.52. The van der Waals surface area contributed by atoms with Gasteiger partial charge in [-0.3, -0.25) is 5.32 Å². The molecule has 2 heteroatoms. The highest BCUT2D eigenvalue weighted by molar-refractivity contribution is 4.57. The van der Waals surface area contributed by atoms with Crippen LogP contribution in [0.5, 0.6) is 0 Å². The molecule has 0 aromatic rings. The van der Waals surface area contributed by atoms with E-state index < -0.39 is 6.23 Å². The van der Waals surface area contributed by atoms with E-state index in [1.54, 1.807) is 0 Å². The summed E-state index contributed by atoms with van der Waals surface area (Å²) in [6.07, 6.45) is 0.0908. The molecule has 0 rings (SSSR count). The molecule has 49 valence electrons. The van der Waals surface area contributed by atoms with Crippen LogP contribution >= 0.6 is 0 Å². The molecule has 0 aliphatic carbocycles. The summed E-state index contributed by atoms with van der Waals surface area (Å²) < 4.78 is 0. The average Bonchev–Trinajstić information content (AvgIpc) is 1.65. The second kappa shape index (κ2) is 3.87. The van der Waals surface area contributed by atoms with Crippen LogP contribution in [0.4, 0.5) is 0 Å². The second-order valence-corrected chi connectivity index (χ2v) is 2.13. The Morgan fingerprint density at radius 3 is 2.25 bits per heavy atom. The van der Waals surface area contributed by atoms with E-state index >= 15 is 0 Å². The predicted octanol–water partition coefficient (Wildman–Crippen LogP) is 0.527. The number of hydrogen-bond acceptors (Lipinski definition) is 2. The van der Waals surface area contributed by atoms with Crippen LogP contribution < -0.4 is 5.32 Å². The molecule has 0 saturated heterocycles. The maximum atomic E-state index is 8.85. The first-order valence-corrected chi connectivity index (χ1v) is 2.90. The quantitative estimate of drug-likeness (QED) is 0.527. The van der Waals surface area contributed by atoms with Gasteiger partial charge >= 0.3 is 0 Å². The highest BCUT2D eigenvalue weighted by atomic mass is 16.3. The Hall–Kier alpha value is -0.0800. The molecule has 0 aromatic carbocycles. The van der Waals surface area contributed by atoms with E-state index in [-0.39, 0.29) is 0 Å². The van der Waals surface area contributed by atoms with Crippen LogP contribution in [-0.4, -0.2) is 17.4 Å². The van der Waals surface area contributed by atoms with Crippen LogP contribution in [0.2, 0.25) is 0 Å². The first-order valence-electron chi connectivity index (χ1n) is 2.90. The maximum absolute atomic E-state index is 8.85. The van der Waals surface area contributed by atoms with Crippen molar-refractivity contribution in [1.82, 2.24) is 5.32 Å². The summed E-state index contributed by atoms with van der Waals surface area (Å²) in [5, 5.41) is 11.7. The van der Waals surface area contributed by atoms with Crippen LogP contribution in [0.15, 0.2) is 0 Å². The maximum Gasteiger partial charge on any atom is 0.105 e. The molecular formula is C6H14NO. The molecule has 0 fully saturated rings. The fourth-order valence-electron chi connectivity index (χ4n) is 0.468. The van der Waals surface area contributed by atoms with Crippen molar-refractivity contribution in [3.63, 3.8) is 0 Å². The SMILES string of the molecule is [CH2]CC(O)NC(C)C. The zero-order chi connectivity index (χ0) is 6.57. The Balaban J connectivity index is 3.10. The number of rotatable bonds is 3. The molecule has 0 bridgehead atoms. The van der Waals surface area contributed by atoms with Crippen molar-refractivity contribution in [3.05, 3.63) is 6.92 Å². The molecule has 1 unspecified atom stereocenters. The summed E-state index contributed by atoms with van der Waals surface area (Å²) in [5.41, 5.74) is 0. The lowest BCUT2D eigenvalue weighted by molar-refractivity contribution is 0.130. The molecular weight excluding hydrogens is 102 g/mol. The van der Waals surface area contributed by atoms with Crippen molar-refractivity contribution in [1.29, 1.82) is 0 Å². The summed E-state index contributed by atoms with van der Waals surface area (Å²) >= 11 is 0. The molecule has 0 spiro atoms. The van der Waals surface area contributed by atoms with E-state index in [1.807, 2.05) is 13.8 Å². The molecule has 0 aromatic heterocycles. The lowest BCUT2D eigenvalue weighted by Crippen LogP contribution is -2.33. The van der Waals surface area contributed by atoms with Crippen LogP contribution in [0.25, 0.3) is 0 Å². The van der Waals surface area contributed by atoms with Gasteiger partial charge in [-0.15, -0.1) is 0 Å². The third-order valence-electron chi connectivity index (χ3n) is 0.799. The molecule has 0 aliphatic heterocycles. The van der Waals surface area contributed by atoms with Crippen LogP contribution in [0.1, 0.15) is 20.3 Å². The molecule has 2 nitrogen and oxygen atoms in total. The average molecular weight is 116 g/mol. The van der Waals surface area contributed by atoms with E-state index in [0.717, 1.165) is 0 Å². The summed E-state index contributed by atoms with van der Waals surface area (Å²) in [4.78, 5) is 0. The Kier molecular flexibility index (Phi) is 3.83. The molecule has 1 radical (unpaired) electrons. The minimum atomic E-state index is -0.435. The van der Waals surface area contributed by atoms with Crippen LogP contribution in [0, 0.1) is 6.92 Å². The smallest absolute Gasteiger partial charge is 0.105 e. The Labute approximate surface area is 50.9 Å². The van der Waals surface area contributed by atoms with Crippen molar-refractivity contribution in [2.45, 2.75) is 32.5 Å². The minimum absolute atomic E-state index is 0.340. The molecule has 2 N–H and O–H groups in total. The number of aliphatic hydroxyl groups excluding tert-OH is 1. The monoisotopic (exact) mass is 116 g/mol. The first-order chi connectivity index (χ1) is 3.66. The number of aliphatic hydroxyl groups is 1. The van der Waals surface area contributed by atoms with Gasteiger partial charge in [0.15, 0.2) is 0 Å². The van der Waals surface area contributed by atoms with Gasteiger partial charge in [-0.1, -0.05) is 0 Å². The molecule has 0 amide bonds. The van der Waals surface area contributed by atoms with E-state index in [0.29, 0.717) is 12.5 Å². The van der Waals surface area contributed by atoms with Crippen molar-refractivity contribution in [2.75, 3.05) is 0 Å². The summed E-state index contributed by atoms with van der Waals surface area (Å²) in [6.45, 7) is 7.50. The highest BCUT2D eigenvalue weighted by Crippen LogP contribution is 1.85. The Bertz CT molecular complexity index is 54.5. The van der Waals surface area contributed by atoms with Gasteiger partial charge in [0.1, 0.15) is 6.23 Å². The van der Waals surface area contributed by atoms with Crippen LogP contribution in [-0.2, 0) is 0 Å². The second-order valence-electron chi connectivity index (χ2n) is 2.13. The van der Waals surface area contributed by atoms with Gasteiger partial charge in [-0.25, -0.2) is 0 Å². The molecule has 0 heterocycles. The molecule has 1 atom stereocenters. The highest BCUT2D eigenvalue weighted by Gasteiger charge is 1.99. The number of nitrogens with one attached hydrogen (secondary N) is 1. The predicted molar refractivity (Wildman–Crippen MR) is 34.3 cm³/mol. The summed E-state index contributed by atoms with van der Waals surface area (Å²) in [6, 6.07) is 0.340. The van der Waals surface area contributed by atoms with E-state index in [1.165, 1.54) is 0 Å². The van der Waals surface area contributed by atoms with Gasteiger partial charge in [-0.05, 0) is 27.2 Å². The van der Waals surface area contributed by atoms with Crippen LogP contribution in [0.3, 0.4) is 0 Å². The van der Waals surface area contributed by atoms with Gasteiger partial charge in [0.2, 0.25) is 0 Å². The Morgan fingerprint density at radius 2 is 2.12 bits per heavy atom. The van der Waals surface area contributed by atoms with Crippen molar-refractivity contribution >= 4 is 0 Å². The third-order valence-corrected chi connectivity index (χ3v) is 0.799. The zero-order valence-corrected chi connectivity index (χ0v) is 5.52. The van der Waals surface area contributed by atoms with Gasteiger partial charge in [0, 0.05) is 6.04 Å². The summed E-state index contributed by atoms with van der Waals surface area (Å²) in [7, 11) is 0. The normalized spacial score (nSPS) is 14.6. The lowest BCUT2D eigenvalue weighted by atomic mass is 10.3. The fraction of sp³-hybridized carbons (Fsp3) is 0.833. The lowest BCUT2D eigenvalue weighted by Gasteiger charge is -2.12. The van der Waals surface area contributed by atoms with Gasteiger partial charge in [-0.2, -0.15) is 0 Å². The van der Waals surface area contributed by atoms with Crippen molar-refractivity contribution in [2.24, 2.45) is 0 Å². The van der Waals surface area contributed by atoms with E-state index in [4.69, 9.17) is 5.11 Å². The molecule has 8 heavy (non-hydrogen) atoms. The van der Waals surface area contributed by atoms with Gasteiger partial charge in [0.05, 0.1) is 0 Å². The fourth-order valence-corrected chi connectivity index (χ4v) is 0.468.